The highest BCUT2D eigenvalue weighted by Crippen LogP contribution is 2.13. The topological polar surface area (TPSA) is 61.2 Å². The minimum Gasteiger partial charge on any atom is -0.392 e. The molecule has 70 valence electrons. The number of aliphatic hydroxyl groups excluding tert-OH is 1. The molecule has 1 unspecified atom stereocenters. The number of hydrogen-bond donors (Lipinski definition) is 2. The number of halogens is 1. The molecule has 0 heterocycles. The predicted molar refractivity (Wildman–Crippen MR) is 47.5 cm³/mol. The van der Waals surface area contributed by atoms with Gasteiger partial charge in [-0.3, -0.25) is 5.41 Å². The summed E-state index contributed by atoms with van der Waals surface area (Å²) in [5.41, 5.74) is 1.08. The first-order valence-corrected chi connectivity index (χ1v) is 4.70. The van der Waals surface area contributed by atoms with Gasteiger partial charge in [0.15, 0.2) is 0 Å². The van der Waals surface area contributed by atoms with Crippen molar-refractivity contribution in [3.05, 3.63) is 29.6 Å². The summed E-state index contributed by atoms with van der Waals surface area (Å²) in [5.74, 6) is -0.659. The van der Waals surface area contributed by atoms with E-state index in [4.69, 9.17) is 10.5 Å². The zero-order valence-electron chi connectivity index (χ0n) is 6.66. The normalized spacial score (nSPS) is 12.5. The first-order valence-electron chi connectivity index (χ1n) is 3.49. The molecule has 0 amide bonds. The van der Waals surface area contributed by atoms with Crippen molar-refractivity contribution in [2.45, 2.75) is 11.5 Å². The molecule has 0 spiro atoms. The highest BCUT2D eigenvalue weighted by atomic mass is 32.2. The Morgan fingerprint density at radius 1 is 1.62 bits per heavy atom. The van der Waals surface area contributed by atoms with Crippen LogP contribution in [0.4, 0.5) is 4.39 Å². The zero-order valence-corrected chi connectivity index (χ0v) is 7.47. The van der Waals surface area contributed by atoms with Crippen LogP contribution >= 0.6 is 0 Å². The van der Waals surface area contributed by atoms with E-state index in [9.17, 15) is 8.60 Å². The summed E-state index contributed by atoms with van der Waals surface area (Å²) in [5, 5.41) is 15.4. The Hall–Kier alpha value is -1.07. The monoisotopic (exact) mass is 201 g/mol. The van der Waals surface area contributed by atoms with E-state index in [-0.39, 0.29) is 11.5 Å². The molecule has 0 saturated carbocycles. The maximum atomic E-state index is 13.1. The summed E-state index contributed by atoms with van der Waals surface area (Å²) >= 11 is 0. The summed E-state index contributed by atoms with van der Waals surface area (Å²) in [6.45, 7) is -0.256. The second-order valence-electron chi connectivity index (χ2n) is 2.34. The lowest BCUT2D eigenvalue weighted by Gasteiger charge is -2.00. The van der Waals surface area contributed by atoms with Gasteiger partial charge in [-0.1, -0.05) is 6.07 Å². The number of rotatable bonds is 3. The van der Waals surface area contributed by atoms with E-state index in [1.165, 1.54) is 12.1 Å². The van der Waals surface area contributed by atoms with Gasteiger partial charge in [0.1, 0.15) is 5.82 Å². The molecule has 0 fully saturated rings. The molecule has 13 heavy (non-hydrogen) atoms. The van der Waals surface area contributed by atoms with Crippen molar-refractivity contribution in [2.24, 2.45) is 0 Å². The first kappa shape index (κ1) is 10.0. The van der Waals surface area contributed by atoms with Crippen LogP contribution in [0.25, 0.3) is 0 Å². The number of hydrogen-bond acceptors (Lipinski definition) is 3. The van der Waals surface area contributed by atoms with E-state index in [2.05, 4.69) is 0 Å². The smallest absolute Gasteiger partial charge is 0.140 e. The Bertz CT molecular complexity index is 354. The molecule has 1 aromatic carbocycles. The standard InChI is InChI=1S/C8H8FNO2S/c9-7-3-6(4-11)1-2-8(7)13(12)5-10/h1-3,5,10-11H,4H2. The molecule has 0 radical (unpaired) electrons. The van der Waals surface area contributed by atoms with Crippen LogP contribution in [-0.2, 0) is 17.4 Å². The van der Waals surface area contributed by atoms with Crippen molar-refractivity contribution in [3.8, 4) is 0 Å². The quantitative estimate of drug-likeness (QED) is 0.566. The molecular weight excluding hydrogens is 193 g/mol. The van der Waals surface area contributed by atoms with Gasteiger partial charge < -0.3 is 5.11 Å². The molecule has 0 aliphatic heterocycles. The molecule has 1 aromatic rings. The number of aliphatic hydroxyl groups is 1. The maximum absolute atomic E-state index is 13.1. The second kappa shape index (κ2) is 4.25. The van der Waals surface area contributed by atoms with Crippen LogP contribution < -0.4 is 0 Å². The largest absolute Gasteiger partial charge is 0.392 e. The van der Waals surface area contributed by atoms with Gasteiger partial charge in [-0.15, -0.1) is 0 Å². The molecule has 1 rings (SSSR count). The Morgan fingerprint density at radius 3 is 2.77 bits per heavy atom. The number of nitrogens with one attached hydrogen (secondary N) is 1. The lowest BCUT2D eigenvalue weighted by atomic mass is 10.2. The van der Waals surface area contributed by atoms with Crippen LogP contribution in [0, 0.1) is 11.2 Å². The average Bonchev–Trinajstić information content (AvgIpc) is 2.16. The van der Waals surface area contributed by atoms with Gasteiger partial charge in [-0.25, -0.2) is 8.60 Å². The minimum atomic E-state index is -1.73. The fourth-order valence-electron chi connectivity index (χ4n) is 0.869. The van der Waals surface area contributed by atoms with Gasteiger partial charge in [0.05, 0.1) is 27.8 Å². The van der Waals surface area contributed by atoms with Crippen LogP contribution in [0.2, 0.25) is 0 Å². The van der Waals surface area contributed by atoms with E-state index in [1.807, 2.05) is 0 Å². The molecule has 0 aromatic heterocycles. The maximum Gasteiger partial charge on any atom is 0.140 e. The van der Waals surface area contributed by atoms with E-state index < -0.39 is 16.6 Å². The summed E-state index contributed by atoms with van der Waals surface area (Å²) < 4.78 is 24.1. The molecule has 0 aliphatic carbocycles. The summed E-state index contributed by atoms with van der Waals surface area (Å²) in [7, 11) is -1.73. The molecule has 2 N–H and O–H groups in total. The number of benzene rings is 1. The summed E-state index contributed by atoms with van der Waals surface area (Å²) in [4.78, 5) is -0.0350. The minimum absolute atomic E-state index is 0.0350. The third-order valence-electron chi connectivity index (χ3n) is 1.50. The SMILES string of the molecule is N=CS(=O)c1ccc(CO)cc1F. The second-order valence-corrected chi connectivity index (χ2v) is 3.61. The Kier molecular flexibility index (Phi) is 3.27. The predicted octanol–water partition coefficient (Wildman–Crippen LogP) is 1.03. The van der Waals surface area contributed by atoms with Crippen molar-refractivity contribution in [1.29, 1.82) is 5.41 Å². The fraction of sp³-hybridized carbons (Fsp3) is 0.125. The third-order valence-corrected chi connectivity index (χ3v) is 2.48. The first-order chi connectivity index (χ1) is 6.19. The molecular formula is C8H8FNO2S. The lowest BCUT2D eigenvalue weighted by Crippen LogP contribution is -1.96. The van der Waals surface area contributed by atoms with Gasteiger partial charge in [0, 0.05) is 0 Å². The highest BCUT2D eigenvalue weighted by molar-refractivity contribution is 7.98. The van der Waals surface area contributed by atoms with Gasteiger partial charge in [0.25, 0.3) is 0 Å². The van der Waals surface area contributed by atoms with Gasteiger partial charge in [-0.05, 0) is 17.7 Å². The molecule has 0 aliphatic rings. The molecule has 1 atom stereocenters. The highest BCUT2D eigenvalue weighted by Gasteiger charge is 2.07. The van der Waals surface area contributed by atoms with E-state index in [0.29, 0.717) is 11.1 Å². The Balaban J connectivity index is 3.12. The van der Waals surface area contributed by atoms with Crippen molar-refractivity contribution >= 4 is 16.3 Å². The van der Waals surface area contributed by atoms with Crippen molar-refractivity contribution in [2.75, 3.05) is 0 Å². The van der Waals surface area contributed by atoms with E-state index >= 15 is 0 Å². The van der Waals surface area contributed by atoms with Crippen LogP contribution in [0.15, 0.2) is 23.1 Å². The third kappa shape index (κ3) is 2.19. The van der Waals surface area contributed by atoms with E-state index in [1.54, 1.807) is 0 Å². The lowest BCUT2D eigenvalue weighted by molar-refractivity contribution is 0.281. The van der Waals surface area contributed by atoms with Gasteiger partial charge >= 0.3 is 0 Å². The Morgan fingerprint density at radius 2 is 2.31 bits per heavy atom. The molecule has 3 nitrogen and oxygen atoms in total. The van der Waals surface area contributed by atoms with Gasteiger partial charge in [-0.2, -0.15) is 0 Å². The molecule has 0 bridgehead atoms. The van der Waals surface area contributed by atoms with Crippen LogP contribution in [0.1, 0.15) is 5.56 Å². The van der Waals surface area contributed by atoms with Gasteiger partial charge in [0.2, 0.25) is 0 Å². The van der Waals surface area contributed by atoms with Crippen LogP contribution in [0.3, 0.4) is 0 Å². The Labute approximate surface area is 77.2 Å². The van der Waals surface area contributed by atoms with Crippen LogP contribution in [-0.4, -0.2) is 14.9 Å². The fourth-order valence-corrected chi connectivity index (χ4v) is 1.45. The van der Waals surface area contributed by atoms with Crippen LogP contribution in [0.5, 0.6) is 0 Å². The summed E-state index contributed by atoms with van der Waals surface area (Å²) in [6.07, 6.45) is 0. The average molecular weight is 201 g/mol. The van der Waals surface area contributed by atoms with Crippen molar-refractivity contribution in [1.82, 2.24) is 0 Å². The zero-order chi connectivity index (χ0) is 9.84. The van der Waals surface area contributed by atoms with E-state index in [0.717, 1.165) is 6.07 Å². The molecule has 0 saturated heterocycles. The molecule has 5 heteroatoms. The summed E-state index contributed by atoms with van der Waals surface area (Å²) in [6, 6.07) is 3.89. The van der Waals surface area contributed by atoms with Crippen molar-refractivity contribution in [3.63, 3.8) is 0 Å². The van der Waals surface area contributed by atoms with Crippen molar-refractivity contribution < 1.29 is 13.7 Å².